The highest BCUT2D eigenvalue weighted by Crippen LogP contribution is 2.45. The summed E-state index contributed by atoms with van der Waals surface area (Å²) in [5.41, 5.74) is 1.56. The molecule has 3 amide bonds. The van der Waals surface area contributed by atoms with Crippen molar-refractivity contribution >= 4 is 11.9 Å². The van der Waals surface area contributed by atoms with Gasteiger partial charge in [-0.15, -0.1) is 0 Å². The van der Waals surface area contributed by atoms with Crippen LogP contribution in [0.25, 0.3) is 0 Å². The van der Waals surface area contributed by atoms with Gasteiger partial charge in [0.2, 0.25) is 0 Å². The van der Waals surface area contributed by atoms with Gasteiger partial charge in [0.25, 0.3) is 5.91 Å². The van der Waals surface area contributed by atoms with E-state index in [0.717, 1.165) is 18.4 Å². The fourth-order valence-electron chi connectivity index (χ4n) is 3.70. The summed E-state index contributed by atoms with van der Waals surface area (Å²) < 4.78 is 5.20. The van der Waals surface area contributed by atoms with Gasteiger partial charge in [-0.3, -0.25) is 4.79 Å². The Hall–Kier alpha value is -3.02. The van der Waals surface area contributed by atoms with Crippen molar-refractivity contribution in [1.82, 2.24) is 15.1 Å². The number of ether oxygens (including phenoxy) is 1. The summed E-state index contributed by atoms with van der Waals surface area (Å²) in [6.07, 6.45) is 1.94. The maximum absolute atomic E-state index is 12.8. The third-order valence-corrected chi connectivity index (χ3v) is 5.59. The Kier molecular flexibility index (Phi) is 4.94. The zero-order chi connectivity index (χ0) is 19.6. The van der Waals surface area contributed by atoms with Gasteiger partial charge in [-0.1, -0.05) is 36.4 Å². The SMILES string of the molecule is COc1cccc(C(=O)N2CCN(C(=O)NC3(c4ccccc4)CC3)CC2)c1. The number of nitrogens with one attached hydrogen (secondary N) is 1. The molecule has 1 saturated heterocycles. The minimum atomic E-state index is -0.216. The number of carbonyl (C=O) groups is 2. The van der Waals surface area contributed by atoms with E-state index in [4.69, 9.17) is 4.74 Å². The van der Waals surface area contributed by atoms with Crippen LogP contribution in [0, 0.1) is 0 Å². The number of rotatable bonds is 4. The maximum Gasteiger partial charge on any atom is 0.318 e. The van der Waals surface area contributed by atoms with E-state index in [2.05, 4.69) is 17.4 Å². The van der Waals surface area contributed by atoms with Crippen molar-refractivity contribution in [2.45, 2.75) is 18.4 Å². The van der Waals surface area contributed by atoms with Gasteiger partial charge in [0, 0.05) is 31.7 Å². The second-order valence-corrected chi connectivity index (χ2v) is 7.39. The third kappa shape index (κ3) is 3.67. The normalized spacial score (nSPS) is 17.8. The molecule has 0 bridgehead atoms. The van der Waals surface area contributed by atoms with Crippen LogP contribution >= 0.6 is 0 Å². The lowest BCUT2D eigenvalue weighted by Crippen LogP contribution is -2.54. The summed E-state index contributed by atoms with van der Waals surface area (Å²) in [4.78, 5) is 29.1. The Labute approximate surface area is 165 Å². The number of amides is 3. The molecule has 6 nitrogen and oxygen atoms in total. The molecule has 0 radical (unpaired) electrons. The molecular weight excluding hydrogens is 354 g/mol. The predicted octanol–water partition coefficient (Wildman–Crippen LogP) is 2.85. The molecule has 0 atom stereocenters. The number of piperazine rings is 1. The van der Waals surface area contributed by atoms with E-state index in [1.54, 1.807) is 29.0 Å². The molecule has 0 spiro atoms. The van der Waals surface area contributed by atoms with Crippen LogP contribution in [-0.2, 0) is 5.54 Å². The van der Waals surface area contributed by atoms with Gasteiger partial charge < -0.3 is 19.9 Å². The van der Waals surface area contributed by atoms with Crippen molar-refractivity contribution < 1.29 is 14.3 Å². The first-order valence-electron chi connectivity index (χ1n) is 9.67. The molecule has 2 aromatic carbocycles. The fraction of sp³-hybridized carbons (Fsp3) is 0.364. The van der Waals surface area contributed by atoms with Crippen LogP contribution < -0.4 is 10.1 Å². The number of hydrogen-bond acceptors (Lipinski definition) is 3. The lowest BCUT2D eigenvalue weighted by molar-refractivity contribution is 0.0662. The monoisotopic (exact) mass is 379 g/mol. The van der Waals surface area contributed by atoms with Crippen LogP contribution in [0.3, 0.4) is 0 Å². The van der Waals surface area contributed by atoms with Crippen molar-refractivity contribution in [2.75, 3.05) is 33.3 Å². The number of urea groups is 1. The van der Waals surface area contributed by atoms with Crippen molar-refractivity contribution in [3.63, 3.8) is 0 Å². The highest BCUT2D eigenvalue weighted by atomic mass is 16.5. The first-order chi connectivity index (χ1) is 13.6. The molecule has 0 aromatic heterocycles. The molecule has 6 heteroatoms. The first-order valence-corrected chi connectivity index (χ1v) is 9.67. The summed E-state index contributed by atoms with van der Waals surface area (Å²) >= 11 is 0. The van der Waals surface area contributed by atoms with E-state index in [1.165, 1.54) is 0 Å². The molecular formula is C22H25N3O3. The fourth-order valence-corrected chi connectivity index (χ4v) is 3.70. The quantitative estimate of drug-likeness (QED) is 0.889. The average Bonchev–Trinajstić information content (AvgIpc) is 3.54. The van der Waals surface area contributed by atoms with Crippen LogP contribution in [-0.4, -0.2) is 55.0 Å². The molecule has 146 valence electrons. The zero-order valence-electron chi connectivity index (χ0n) is 16.1. The minimum Gasteiger partial charge on any atom is -0.497 e. The highest BCUT2D eigenvalue weighted by molar-refractivity contribution is 5.94. The first kappa shape index (κ1) is 18.3. The third-order valence-electron chi connectivity index (χ3n) is 5.59. The van der Waals surface area contributed by atoms with Crippen LogP contribution in [0.5, 0.6) is 5.75 Å². The highest BCUT2D eigenvalue weighted by Gasteiger charge is 2.46. The Morgan fingerprint density at radius 3 is 2.25 bits per heavy atom. The molecule has 1 aliphatic carbocycles. The van der Waals surface area contributed by atoms with Gasteiger partial charge in [-0.25, -0.2) is 4.79 Å². The lowest BCUT2D eigenvalue weighted by atomic mass is 10.1. The largest absolute Gasteiger partial charge is 0.497 e. The second kappa shape index (κ2) is 7.54. The summed E-state index contributed by atoms with van der Waals surface area (Å²) in [7, 11) is 1.59. The maximum atomic E-state index is 12.8. The second-order valence-electron chi connectivity index (χ2n) is 7.39. The summed E-state index contributed by atoms with van der Waals surface area (Å²) in [6, 6.07) is 17.3. The number of benzene rings is 2. The number of nitrogens with zero attached hydrogens (tertiary/aromatic N) is 2. The summed E-state index contributed by atoms with van der Waals surface area (Å²) in [5, 5.41) is 3.21. The topological polar surface area (TPSA) is 61.9 Å². The molecule has 1 heterocycles. The summed E-state index contributed by atoms with van der Waals surface area (Å²) in [5.74, 6) is 0.640. The Morgan fingerprint density at radius 2 is 1.61 bits per heavy atom. The predicted molar refractivity (Wildman–Crippen MR) is 106 cm³/mol. The van der Waals surface area contributed by atoms with Crippen molar-refractivity contribution in [1.29, 1.82) is 0 Å². The Balaban J connectivity index is 1.34. The molecule has 2 aromatic rings. The van der Waals surface area contributed by atoms with Crippen LogP contribution in [0.15, 0.2) is 54.6 Å². The van der Waals surface area contributed by atoms with Crippen LogP contribution in [0.4, 0.5) is 4.79 Å². The van der Waals surface area contributed by atoms with E-state index in [0.29, 0.717) is 37.5 Å². The molecule has 0 unspecified atom stereocenters. The van der Waals surface area contributed by atoms with E-state index in [-0.39, 0.29) is 17.5 Å². The van der Waals surface area contributed by atoms with E-state index >= 15 is 0 Å². The number of carbonyl (C=O) groups excluding carboxylic acids is 2. The van der Waals surface area contributed by atoms with Crippen molar-refractivity contribution in [3.05, 3.63) is 65.7 Å². The van der Waals surface area contributed by atoms with Gasteiger partial charge in [-0.05, 0) is 36.6 Å². The average molecular weight is 379 g/mol. The number of hydrogen-bond donors (Lipinski definition) is 1. The van der Waals surface area contributed by atoms with Gasteiger partial charge in [0.15, 0.2) is 0 Å². The van der Waals surface area contributed by atoms with E-state index in [9.17, 15) is 9.59 Å². The molecule has 4 rings (SSSR count). The Bertz CT molecular complexity index is 856. The smallest absolute Gasteiger partial charge is 0.318 e. The standard InChI is InChI=1S/C22H25N3O3/c1-28-19-9-5-6-17(16-19)20(26)24-12-14-25(15-13-24)21(27)23-22(10-11-22)18-7-3-2-4-8-18/h2-9,16H,10-15H2,1H3,(H,23,27). The summed E-state index contributed by atoms with van der Waals surface area (Å²) in [6.45, 7) is 2.13. The van der Waals surface area contributed by atoms with Crippen molar-refractivity contribution in [3.8, 4) is 5.75 Å². The van der Waals surface area contributed by atoms with Crippen LogP contribution in [0.2, 0.25) is 0 Å². The molecule has 1 saturated carbocycles. The molecule has 1 N–H and O–H groups in total. The molecule has 1 aliphatic heterocycles. The molecule has 2 aliphatic rings. The van der Waals surface area contributed by atoms with Gasteiger partial charge >= 0.3 is 6.03 Å². The molecule has 2 fully saturated rings. The zero-order valence-corrected chi connectivity index (χ0v) is 16.1. The van der Waals surface area contributed by atoms with E-state index in [1.807, 2.05) is 30.3 Å². The Morgan fingerprint density at radius 1 is 0.929 bits per heavy atom. The van der Waals surface area contributed by atoms with Gasteiger partial charge in [0.1, 0.15) is 5.75 Å². The van der Waals surface area contributed by atoms with Gasteiger partial charge in [-0.2, -0.15) is 0 Å². The molecule has 28 heavy (non-hydrogen) atoms. The number of methoxy groups -OCH3 is 1. The lowest BCUT2D eigenvalue weighted by Gasteiger charge is -2.35. The van der Waals surface area contributed by atoms with Crippen molar-refractivity contribution in [2.24, 2.45) is 0 Å². The minimum absolute atomic E-state index is 0.0260. The van der Waals surface area contributed by atoms with E-state index < -0.39 is 0 Å². The van der Waals surface area contributed by atoms with Gasteiger partial charge in [0.05, 0.1) is 12.6 Å². The van der Waals surface area contributed by atoms with Crippen LogP contribution in [0.1, 0.15) is 28.8 Å².